The van der Waals surface area contributed by atoms with Crippen LogP contribution in [0.15, 0.2) is 24.3 Å². The van der Waals surface area contributed by atoms with Crippen molar-refractivity contribution in [1.82, 2.24) is 14.7 Å². The van der Waals surface area contributed by atoms with Crippen LogP contribution in [0.25, 0.3) is 10.9 Å². The lowest BCUT2D eigenvalue weighted by Crippen LogP contribution is -2.45. The van der Waals surface area contributed by atoms with Gasteiger partial charge in [0.25, 0.3) is 0 Å². The Hall–Kier alpha value is -2.70. The van der Waals surface area contributed by atoms with Crippen molar-refractivity contribution < 1.29 is 14.4 Å². The van der Waals surface area contributed by atoms with Gasteiger partial charge in [-0.3, -0.25) is 19.1 Å². The van der Waals surface area contributed by atoms with E-state index in [2.05, 4.69) is 5.10 Å². The molecule has 2 amide bonds. The predicted molar refractivity (Wildman–Crippen MR) is 83.7 cm³/mol. The predicted octanol–water partition coefficient (Wildman–Crippen LogP) is 0.715. The Morgan fingerprint density at radius 2 is 2.04 bits per heavy atom. The lowest BCUT2D eigenvalue weighted by atomic mass is 10.2. The van der Waals surface area contributed by atoms with Crippen LogP contribution in [0.5, 0.6) is 0 Å². The van der Waals surface area contributed by atoms with Crippen LogP contribution >= 0.6 is 0 Å². The van der Waals surface area contributed by atoms with E-state index in [1.807, 2.05) is 24.3 Å². The topological polar surface area (TPSA) is 98.3 Å². The molecule has 1 unspecified atom stereocenters. The van der Waals surface area contributed by atoms with E-state index in [1.165, 1.54) is 16.5 Å². The molecule has 7 nitrogen and oxygen atoms in total. The first-order chi connectivity index (χ1) is 11.0. The van der Waals surface area contributed by atoms with E-state index in [-0.39, 0.29) is 18.2 Å². The van der Waals surface area contributed by atoms with Crippen LogP contribution in [0.1, 0.15) is 30.3 Å². The smallest absolute Gasteiger partial charge is 0.245 e. The number of hydrogen-bond donors (Lipinski definition) is 1. The summed E-state index contributed by atoms with van der Waals surface area (Å²) in [7, 11) is 0. The maximum atomic E-state index is 12.5. The van der Waals surface area contributed by atoms with Gasteiger partial charge in [0.05, 0.1) is 5.52 Å². The van der Waals surface area contributed by atoms with E-state index in [9.17, 15) is 14.4 Å². The Balaban J connectivity index is 1.91. The van der Waals surface area contributed by atoms with Gasteiger partial charge in [0.1, 0.15) is 18.3 Å². The van der Waals surface area contributed by atoms with Crippen LogP contribution < -0.4 is 5.73 Å². The number of hydrogen-bond acceptors (Lipinski definition) is 4. The average Bonchev–Trinajstić information content (AvgIpc) is 3.12. The number of nitrogens with two attached hydrogens (primary N) is 1. The Morgan fingerprint density at radius 1 is 1.30 bits per heavy atom. The minimum absolute atomic E-state index is 0.0163. The number of para-hydroxylation sites is 1. The van der Waals surface area contributed by atoms with Gasteiger partial charge in [-0.15, -0.1) is 0 Å². The molecule has 0 spiro atoms. The Labute approximate surface area is 133 Å². The maximum absolute atomic E-state index is 12.5. The molecule has 1 atom stereocenters. The Kier molecular flexibility index (Phi) is 3.85. The van der Waals surface area contributed by atoms with Gasteiger partial charge >= 0.3 is 0 Å². The molecular formula is C16H18N4O3. The highest BCUT2D eigenvalue weighted by Gasteiger charge is 2.33. The molecule has 7 heteroatoms. The maximum Gasteiger partial charge on any atom is 0.245 e. The van der Waals surface area contributed by atoms with Gasteiger partial charge in [-0.2, -0.15) is 5.10 Å². The summed E-state index contributed by atoms with van der Waals surface area (Å²) >= 11 is 0. The fourth-order valence-electron chi connectivity index (χ4n) is 3.09. The number of carbonyl (C=O) groups excluding carboxylic acids is 3. The third-order valence-electron chi connectivity index (χ3n) is 4.18. The number of fused-ring (bicyclic) bond motifs is 1. The van der Waals surface area contributed by atoms with Gasteiger partial charge in [-0.25, -0.2) is 0 Å². The molecule has 2 N–H and O–H groups in total. The van der Waals surface area contributed by atoms with Gasteiger partial charge in [0, 0.05) is 18.9 Å². The van der Waals surface area contributed by atoms with Crippen molar-refractivity contribution in [1.29, 1.82) is 0 Å². The summed E-state index contributed by atoms with van der Waals surface area (Å²) < 4.78 is 1.52. The number of carbonyl (C=O) groups is 3. The number of Topliss-reactive ketones (excluding diaryl/α,β-unsaturated/α-hetero) is 1. The summed E-state index contributed by atoms with van der Waals surface area (Å²) in [5.74, 6) is -0.844. The summed E-state index contributed by atoms with van der Waals surface area (Å²) in [6.07, 6.45) is 1.36. The van der Waals surface area contributed by atoms with Crippen LogP contribution in [-0.4, -0.2) is 44.9 Å². The summed E-state index contributed by atoms with van der Waals surface area (Å²) in [5.41, 5.74) is 6.43. The standard InChI is InChI=1S/C16H18N4O3/c1-10(21)15-11-5-2-3-6-12(11)20(18-15)9-14(22)19-8-4-7-13(19)16(17)23/h2-3,5-6,13H,4,7-9H2,1H3,(H2,17,23). The molecule has 120 valence electrons. The van der Waals surface area contributed by atoms with E-state index in [1.54, 1.807) is 0 Å². The Morgan fingerprint density at radius 3 is 2.74 bits per heavy atom. The lowest BCUT2D eigenvalue weighted by molar-refractivity contribution is -0.137. The first-order valence-electron chi connectivity index (χ1n) is 7.54. The van der Waals surface area contributed by atoms with E-state index < -0.39 is 11.9 Å². The van der Waals surface area contributed by atoms with Crippen molar-refractivity contribution >= 4 is 28.5 Å². The van der Waals surface area contributed by atoms with Crippen LogP contribution in [-0.2, 0) is 16.1 Å². The molecule has 1 aliphatic rings. The SMILES string of the molecule is CC(=O)c1nn(CC(=O)N2CCCC2C(N)=O)c2ccccc12. The van der Waals surface area contributed by atoms with E-state index in [0.717, 1.165) is 17.3 Å². The van der Waals surface area contributed by atoms with Crippen LogP contribution in [0, 0.1) is 0 Å². The minimum Gasteiger partial charge on any atom is -0.368 e. The molecule has 1 fully saturated rings. The van der Waals surface area contributed by atoms with Crippen LogP contribution in [0.4, 0.5) is 0 Å². The lowest BCUT2D eigenvalue weighted by Gasteiger charge is -2.22. The number of ketones is 1. The second-order valence-electron chi connectivity index (χ2n) is 5.73. The summed E-state index contributed by atoms with van der Waals surface area (Å²) in [5, 5.41) is 5.00. The van der Waals surface area contributed by atoms with Crippen molar-refractivity contribution in [3.05, 3.63) is 30.0 Å². The first kappa shape index (κ1) is 15.2. The number of amides is 2. The summed E-state index contributed by atoms with van der Waals surface area (Å²) in [6.45, 7) is 1.95. The molecule has 1 aromatic heterocycles. The zero-order valence-electron chi connectivity index (χ0n) is 12.9. The molecule has 1 saturated heterocycles. The van der Waals surface area contributed by atoms with Crippen LogP contribution in [0.3, 0.4) is 0 Å². The number of nitrogens with zero attached hydrogens (tertiary/aromatic N) is 3. The molecule has 0 radical (unpaired) electrons. The number of likely N-dealkylation sites (tertiary alicyclic amines) is 1. The first-order valence-corrected chi connectivity index (χ1v) is 7.54. The molecule has 23 heavy (non-hydrogen) atoms. The van der Waals surface area contributed by atoms with Crippen molar-refractivity contribution in [2.75, 3.05) is 6.54 Å². The highest BCUT2D eigenvalue weighted by atomic mass is 16.2. The second-order valence-corrected chi connectivity index (χ2v) is 5.73. The third kappa shape index (κ3) is 2.69. The van der Waals surface area contributed by atoms with Gasteiger partial charge in [0.15, 0.2) is 5.78 Å². The highest BCUT2D eigenvalue weighted by Crippen LogP contribution is 2.21. The minimum atomic E-state index is -0.545. The summed E-state index contributed by atoms with van der Waals surface area (Å²) in [6, 6.07) is 6.74. The van der Waals surface area contributed by atoms with Crippen molar-refractivity contribution in [3.8, 4) is 0 Å². The molecule has 2 aromatic rings. The molecule has 3 rings (SSSR count). The molecule has 0 saturated carbocycles. The second kappa shape index (κ2) is 5.83. The highest BCUT2D eigenvalue weighted by molar-refractivity contribution is 6.05. The molecule has 0 bridgehead atoms. The van der Waals surface area contributed by atoms with Crippen molar-refractivity contribution in [2.24, 2.45) is 5.73 Å². The molecule has 1 aliphatic heterocycles. The average molecular weight is 314 g/mol. The fourth-order valence-corrected chi connectivity index (χ4v) is 3.09. The number of primary amides is 1. The number of benzene rings is 1. The fraction of sp³-hybridized carbons (Fsp3) is 0.375. The monoisotopic (exact) mass is 314 g/mol. The third-order valence-corrected chi connectivity index (χ3v) is 4.18. The Bertz CT molecular complexity index is 796. The van der Waals surface area contributed by atoms with Crippen LogP contribution in [0.2, 0.25) is 0 Å². The quantitative estimate of drug-likeness (QED) is 0.840. The van der Waals surface area contributed by atoms with Gasteiger partial charge in [-0.1, -0.05) is 18.2 Å². The van der Waals surface area contributed by atoms with Crippen molar-refractivity contribution in [3.63, 3.8) is 0 Å². The van der Waals surface area contributed by atoms with E-state index in [4.69, 9.17) is 5.73 Å². The van der Waals surface area contributed by atoms with Gasteiger partial charge in [0.2, 0.25) is 11.8 Å². The zero-order chi connectivity index (χ0) is 16.6. The normalized spacial score (nSPS) is 17.6. The largest absolute Gasteiger partial charge is 0.368 e. The zero-order valence-corrected chi connectivity index (χ0v) is 12.9. The van der Waals surface area contributed by atoms with Gasteiger partial charge in [-0.05, 0) is 18.9 Å². The summed E-state index contributed by atoms with van der Waals surface area (Å²) in [4.78, 5) is 37.2. The number of aromatic nitrogens is 2. The molecule has 0 aliphatic carbocycles. The molecule has 1 aromatic carbocycles. The molecule has 2 heterocycles. The van der Waals surface area contributed by atoms with Crippen molar-refractivity contribution in [2.45, 2.75) is 32.4 Å². The van der Waals surface area contributed by atoms with E-state index >= 15 is 0 Å². The number of rotatable bonds is 4. The van der Waals surface area contributed by atoms with Gasteiger partial charge < -0.3 is 10.6 Å². The molecular weight excluding hydrogens is 296 g/mol. The van der Waals surface area contributed by atoms with E-state index in [0.29, 0.717) is 18.7 Å².